The molecule has 11 heteroatoms. The number of rotatable bonds is 7. The topological polar surface area (TPSA) is 85.6 Å². The molecule has 34 heavy (non-hydrogen) atoms. The maximum atomic E-state index is 13.4. The van der Waals surface area contributed by atoms with Crippen LogP contribution in [0, 0.1) is 5.82 Å². The van der Waals surface area contributed by atoms with Gasteiger partial charge in [0.25, 0.3) is 0 Å². The normalized spacial score (nSPS) is 11.2. The Hall–Kier alpha value is -3.28. The zero-order valence-electron chi connectivity index (χ0n) is 17.8. The number of nitrogens with one attached hydrogen (secondary N) is 1. The van der Waals surface area contributed by atoms with Crippen LogP contribution in [0.25, 0.3) is 26.3 Å². The highest BCUT2D eigenvalue weighted by molar-refractivity contribution is 7.99. The summed E-state index contributed by atoms with van der Waals surface area (Å²) in [7, 11) is 0. The van der Waals surface area contributed by atoms with Gasteiger partial charge in [-0.25, -0.2) is 9.18 Å². The predicted octanol–water partition coefficient (Wildman–Crippen LogP) is 5.72. The van der Waals surface area contributed by atoms with E-state index in [1.807, 2.05) is 28.7 Å². The number of benzene rings is 2. The lowest BCUT2D eigenvalue weighted by atomic mass is 10.0. The van der Waals surface area contributed by atoms with Gasteiger partial charge in [0.15, 0.2) is 5.16 Å². The number of fused-ring (bicyclic) bond motifs is 3. The van der Waals surface area contributed by atoms with Gasteiger partial charge >= 0.3 is 5.97 Å². The molecule has 0 saturated carbocycles. The standard InChI is InChI=1S/C23H17FN4O3S3/c1-2-31-21(30)19-15(13-7-9-14(24)10-8-13)11-32-20(19)25-18(29)12-33-22-26-27-23-28(22)16-5-3-4-6-17(16)34-23/h3-11H,2,12H2,1H3,(H,25,29). The average Bonchev–Trinajstić information content (AvgIpc) is 3.52. The Morgan fingerprint density at radius 2 is 1.94 bits per heavy atom. The molecule has 3 aromatic heterocycles. The van der Waals surface area contributed by atoms with E-state index in [0.717, 1.165) is 15.2 Å². The van der Waals surface area contributed by atoms with Crippen molar-refractivity contribution in [3.8, 4) is 11.1 Å². The minimum absolute atomic E-state index is 0.0804. The molecule has 0 fully saturated rings. The molecule has 5 aromatic rings. The monoisotopic (exact) mass is 512 g/mol. The number of nitrogens with zero attached hydrogens (tertiary/aromatic N) is 3. The molecule has 172 valence electrons. The number of ether oxygens (including phenoxy) is 1. The zero-order chi connectivity index (χ0) is 23.7. The molecule has 1 amide bonds. The summed E-state index contributed by atoms with van der Waals surface area (Å²) >= 11 is 4.02. The molecule has 0 saturated heterocycles. The highest BCUT2D eigenvalue weighted by Gasteiger charge is 2.23. The van der Waals surface area contributed by atoms with Crippen LogP contribution in [0.2, 0.25) is 0 Å². The molecule has 0 aliphatic heterocycles. The number of esters is 1. The van der Waals surface area contributed by atoms with Gasteiger partial charge in [0.1, 0.15) is 16.4 Å². The summed E-state index contributed by atoms with van der Waals surface area (Å²) in [5.41, 5.74) is 2.48. The van der Waals surface area contributed by atoms with Gasteiger partial charge < -0.3 is 10.1 Å². The number of halogens is 1. The van der Waals surface area contributed by atoms with Gasteiger partial charge in [-0.1, -0.05) is 47.4 Å². The fourth-order valence-corrected chi connectivity index (χ4v) is 6.18. The first-order chi connectivity index (χ1) is 16.5. The first kappa shape index (κ1) is 22.5. The van der Waals surface area contributed by atoms with Crippen LogP contribution < -0.4 is 5.32 Å². The number of thiophene rings is 1. The maximum Gasteiger partial charge on any atom is 0.341 e. The Kier molecular flexibility index (Phi) is 6.31. The summed E-state index contributed by atoms with van der Waals surface area (Å²) < 4.78 is 21.6. The first-order valence-corrected chi connectivity index (χ1v) is 12.9. The van der Waals surface area contributed by atoms with E-state index in [9.17, 15) is 14.0 Å². The van der Waals surface area contributed by atoms with Crippen LogP contribution in [-0.2, 0) is 9.53 Å². The van der Waals surface area contributed by atoms with E-state index in [0.29, 0.717) is 21.3 Å². The number of thiazole rings is 1. The molecule has 3 heterocycles. The van der Waals surface area contributed by atoms with E-state index >= 15 is 0 Å². The number of thioether (sulfide) groups is 1. The van der Waals surface area contributed by atoms with Crippen molar-refractivity contribution in [3.05, 3.63) is 65.3 Å². The Bertz CT molecular complexity index is 1510. The quantitative estimate of drug-likeness (QED) is 0.222. The van der Waals surface area contributed by atoms with E-state index in [1.54, 1.807) is 24.4 Å². The molecule has 5 rings (SSSR count). The number of anilines is 1. The third-order valence-corrected chi connectivity index (χ3v) is 7.76. The van der Waals surface area contributed by atoms with Crippen LogP contribution in [-0.4, -0.2) is 38.8 Å². The molecule has 0 atom stereocenters. The van der Waals surface area contributed by atoms with Crippen LogP contribution in [0.4, 0.5) is 9.39 Å². The molecule has 7 nitrogen and oxygen atoms in total. The van der Waals surface area contributed by atoms with Crippen molar-refractivity contribution in [2.45, 2.75) is 12.1 Å². The molecule has 0 aliphatic rings. The highest BCUT2D eigenvalue weighted by Crippen LogP contribution is 2.37. The van der Waals surface area contributed by atoms with Crippen molar-refractivity contribution in [2.75, 3.05) is 17.7 Å². The van der Waals surface area contributed by atoms with Gasteiger partial charge in [0.05, 0.1) is 22.6 Å². The Morgan fingerprint density at radius 1 is 1.15 bits per heavy atom. The SMILES string of the molecule is CCOC(=O)c1c(-c2ccc(F)cc2)csc1NC(=O)CSc1nnc2sc3ccccc3n12. The number of aromatic nitrogens is 3. The number of hydrogen-bond donors (Lipinski definition) is 1. The van der Waals surface area contributed by atoms with Crippen molar-refractivity contribution >= 4 is 66.5 Å². The Labute approximate surface area is 205 Å². The largest absolute Gasteiger partial charge is 0.462 e. The Balaban J connectivity index is 1.37. The summed E-state index contributed by atoms with van der Waals surface area (Å²) in [6.07, 6.45) is 0. The van der Waals surface area contributed by atoms with E-state index in [4.69, 9.17) is 4.74 Å². The van der Waals surface area contributed by atoms with Gasteiger partial charge in [-0.05, 0) is 36.8 Å². The molecule has 0 radical (unpaired) electrons. The number of hydrogen-bond acceptors (Lipinski definition) is 8. The molecule has 0 unspecified atom stereocenters. The second-order valence-electron chi connectivity index (χ2n) is 7.09. The molecule has 1 N–H and O–H groups in total. The molecule has 2 aromatic carbocycles. The van der Waals surface area contributed by atoms with Gasteiger partial charge in [-0.2, -0.15) is 0 Å². The summed E-state index contributed by atoms with van der Waals surface area (Å²) in [4.78, 5) is 26.2. The third kappa shape index (κ3) is 4.29. The second kappa shape index (κ2) is 9.53. The van der Waals surface area contributed by atoms with Gasteiger partial charge in [0, 0.05) is 10.9 Å². The molecular weight excluding hydrogens is 495 g/mol. The molecule has 0 bridgehead atoms. The van der Waals surface area contributed by atoms with Crippen LogP contribution in [0.5, 0.6) is 0 Å². The maximum absolute atomic E-state index is 13.4. The highest BCUT2D eigenvalue weighted by atomic mass is 32.2. The summed E-state index contributed by atoms with van der Waals surface area (Å²) in [6.45, 7) is 1.91. The van der Waals surface area contributed by atoms with Gasteiger partial charge in [0.2, 0.25) is 10.9 Å². The fourth-order valence-electron chi connectivity index (χ4n) is 3.44. The van der Waals surface area contributed by atoms with Crippen LogP contribution in [0.3, 0.4) is 0 Å². The van der Waals surface area contributed by atoms with Crippen molar-refractivity contribution in [3.63, 3.8) is 0 Å². The van der Waals surface area contributed by atoms with Crippen molar-refractivity contribution in [2.24, 2.45) is 0 Å². The van der Waals surface area contributed by atoms with Crippen molar-refractivity contribution in [1.82, 2.24) is 14.6 Å². The summed E-state index contributed by atoms with van der Waals surface area (Å²) in [6, 6.07) is 13.7. The first-order valence-electron chi connectivity index (χ1n) is 10.2. The van der Waals surface area contributed by atoms with E-state index in [1.165, 1.54) is 46.6 Å². The number of para-hydroxylation sites is 1. The lowest BCUT2D eigenvalue weighted by molar-refractivity contribution is -0.113. The third-order valence-electron chi connectivity index (χ3n) is 4.92. The predicted molar refractivity (Wildman–Crippen MR) is 133 cm³/mol. The van der Waals surface area contributed by atoms with E-state index < -0.39 is 5.97 Å². The summed E-state index contributed by atoms with van der Waals surface area (Å²) in [5, 5.41) is 14.0. The zero-order valence-corrected chi connectivity index (χ0v) is 20.2. The second-order valence-corrected chi connectivity index (χ2v) is 9.92. The number of carbonyl (C=O) groups is 2. The lowest BCUT2D eigenvalue weighted by Gasteiger charge is -2.09. The van der Waals surface area contributed by atoms with Crippen LogP contribution in [0.1, 0.15) is 17.3 Å². The molecular formula is C23H17FN4O3S3. The molecule has 0 aliphatic carbocycles. The van der Waals surface area contributed by atoms with E-state index in [-0.39, 0.29) is 29.6 Å². The van der Waals surface area contributed by atoms with Gasteiger partial charge in [-0.15, -0.1) is 21.5 Å². The number of carbonyl (C=O) groups excluding carboxylic acids is 2. The number of amides is 1. The summed E-state index contributed by atoms with van der Waals surface area (Å²) in [5.74, 6) is -1.13. The van der Waals surface area contributed by atoms with Gasteiger partial charge in [-0.3, -0.25) is 9.20 Å². The van der Waals surface area contributed by atoms with E-state index in [2.05, 4.69) is 15.5 Å². The lowest BCUT2D eigenvalue weighted by Crippen LogP contribution is -2.16. The van der Waals surface area contributed by atoms with Crippen LogP contribution >= 0.6 is 34.4 Å². The molecule has 0 spiro atoms. The average molecular weight is 513 g/mol. The van der Waals surface area contributed by atoms with Crippen molar-refractivity contribution in [1.29, 1.82) is 0 Å². The minimum atomic E-state index is -0.546. The fraction of sp³-hybridized carbons (Fsp3) is 0.130. The van der Waals surface area contributed by atoms with Crippen molar-refractivity contribution < 1.29 is 18.7 Å². The smallest absolute Gasteiger partial charge is 0.341 e. The Morgan fingerprint density at radius 3 is 2.74 bits per heavy atom. The van der Waals surface area contributed by atoms with Crippen LogP contribution in [0.15, 0.2) is 59.1 Å². The minimum Gasteiger partial charge on any atom is -0.462 e.